The summed E-state index contributed by atoms with van der Waals surface area (Å²) >= 11 is 5.16. The predicted molar refractivity (Wildman–Crippen MR) is 95.0 cm³/mol. The third-order valence-corrected chi connectivity index (χ3v) is 5.34. The summed E-state index contributed by atoms with van der Waals surface area (Å²) in [7, 11) is 1.71. The number of nitrogens with zero attached hydrogens (tertiary/aromatic N) is 2. The number of hydrogen-bond acceptors (Lipinski definition) is 3. The van der Waals surface area contributed by atoms with Crippen molar-refractivity contribution in [3.8, 4) is 17.0 Å². The molecule has 2 aromatic heterocycles. The van der Waals surface area contributed by atoms with Crippen LogP contribution in [0, 0.1) is 6.92 Å². The van der Waals surface area contributed by atoms with Gasteiger partial charge in [-0.15, -0.1) is 0 Å². The molecule has 4 aromatic rings. The third kappa shape index (κ3) is 1.96. The fraction of sp³-hybridized carbons (Fsp3) is 0.118. The molecule has 0 amide bonds. The number of thiazole rings is 1. The van der Waals surface area contributed by atoms with E-state index in [0.29, 0.717) is 0 Å². The molecule has 2 aromatic carbocycles. The number of benzene rings is 2. The Morgan fingerprint density at radius 1 is 1.14 bits per heavy atom. The average Bonchev–Trinajstić information content (AvgIpc) is 3.05. The van der Waals surface area contributed by atoms with Crippen LogP contribution in [0.2, 0.25) is 0 Å². The van der Waals surface area contributed by atoms with Crippen molar-refractivity contribution in [2.45, 2.75) is 6.92 Å². The Labute approximate surface area is 140 Å². The molecule has 0 saturated heterocycles. The quantitative estimate of drug-likeness (QED) is 0.477. The Bertz CT molecular complexity index is 985. The fourth-order valence-corrected chi connectivity index (χ4v) is 4.11. The number of aromatic nitrogens is 2. The minimum Gasteiger partial charge on any atom is -0.495 e. The molecule has 3 nitrogen and oxygen atoms in total. The molecule has 0 aliphatic rings. The van der Waals surface area contributed by atoms with Crippen molar-refractivity contribution in [1.82, 2.24) is 9.38 Å². The summed E-state index contributed by atoms with van der Waals surface area (Å²) in [5.41, 5.74) is 4.37. The van der Waals surface area contributed by atoms with Crippen LogP contribution in [0.15, 0.2) is 46.9 Å². The number of para-hydroxylation sites is 1. The molecule has 0 aliphatic carbocycles. The molecule has 0 fully saturated rings. The van der Waals surface area contributed by atoms with Gasteiger partial charge in [-0.3, -0.25) is 4.40 Å². The summed E-state index contributed by atoms with van der Waals surface area (Å²) in [6.45, 7) is 2.11. The van der Waals surface area contributed by atoms with E-state index in [1.165, 1.54) is 4.70 Å². The number of fused-ring (bicyclic) bond motifs is 3. The van der Waals surface area contributed by atoms with Gasteiger partial charge in [0, 0.05) is 15.7 Å². The summed E-state index contributed by atoms with van der Waals surface area (Å²) in [5, 5.41) is 0. The van der Waals surface area contributed by atoms with Crippen LogP contribution in [0.25, 0.3) is 26.4 Å². The maximum atomic E-state index is 5.53. The van der Waals surface area contributed by atoms with Crippen molar-refractivity contribution in [3.05, 3.63) is 52.6 Å². The zero-order valence-electron chi connectivity index (χ0n) is 12.1. The van der Waals surface area contributed by atoms with Crippen molar-refractivity contribution in [3.63, 3.8) is 0 Å². The first-order valence-electron chi connectivity index (χ1n) is 6.89. The van der Waals surface area contributed by atoms with Gasteiger partial charge in [-0.2, -0.15) is 0 Å². The fourth-order valence-electron chi connectivity index (χ4n) is 2.76. The van der Waals surface area contributed by atoms with Crippen LogP contribution in [-0.2, 0) is 0 Å². The van der Waals surface area contributed by atoms with Crippen molar-refractivity contribution in [2.75, 3.05) is 7.11 Å². The molecule has 0 atom stereocenters. The molecule has 0 saturated carbocycles. The van der Waals surface area contributed by atoms with Gasteiger partial charge in [0.25, 0.3) is 0 Å². The summed E-state index contributed by atoms with van der Waals surface area (Å²) in [4.78, 5) is 5.83. The van der Waals surface area contributed by atoms with E-state index in [1.807, 2.05) is 24.3 Å². The lowest BCUT2D eigenvalue weighted by molar-refractivity contribution is 0.418. The van der Waals surface area contributed by atoms with E-state index in [-0.39, 0.29) is 0 Å². The average molecular weight is 373 g/mol. The Kier molecular flexibility index (Phi) is 3.20. The number of ether oxygens (including phenoxy) is 1. The van der Waals surface area contributed by atoms with Gasteiger partial charge < -0.3 is 4.74 Å². The largest absolute Gasteiger partial charge is 0.495 e. The Hall–Kier alpha value is -1.85. The van der Waals surface area contributed by atoms with E-state index in [4.69, 9.17) is 9.72 Å². The number of aryl methyl sites for hydroxylation is 1. The first-order valence-corrected chi connectivity index (χ1v) is 8.50. The normalized spacial score (nSPS) is 11.4. The van der Waals surface area contributed by atoms with Crippen LogP contribution in [0.4, 0.5) is 0 Å². The Morgan fingerprint density at radius 3 is 2.64 bits per heavy atom. The standard InChI is InChI=1S/C17H13BrN2OS/c1-10-15(11-6-8-12(18)9-7-11)19-17-20(10)16-13(21-2)4-3-5-14(16)22-17/h3-9H,1-2H3. The van der Waals surface area contributed by atoms with Crippen molar-refractivity contribution in [2.24, 2.45) is 0 Å². The lowest BCUT2D eigenvalue weighted by Gasteiger charge is -2.04. The van der Waals surface area contributed by atoms with E-state index >= 15 is 0 Å². The number of methoxy groups -OCH3 is 1. The topological polar surface area (TPSA) is 26.5 Å². The monoisotopic (exact) mass is 372 g/mol. The minimum absolute atomic E-state index is 0.881. The first kappa shape index (κ1) is 13.8. The van der Waals surface area contributed by atoms with E-state index in [9.17, 15) is 0 Å². The zero-order valence-corrected chi connectivity index (χ0v) is 14.5. The second-order valence-electron chi connectivity index (χ2n) is 5.08. The van der Waals surface area contributed by atoms with E-state index in [2.05, 4.69) is 45.5 Å². The SMILES string of the molecule is COc1cccc2sc3nc(-c4ccc(Br)cc4)c(C)n3c12. The Morgan fingerprint density at radius 2 is 1.91 bits per heavy atom. The smallest absolute Gasteiger partial charge is 0.195 e. The van der Waals surface area contributed by atoms with Gasteiger partial charge in [0.15, 0.2) is 4.96 Å². The predicted octanol–water partition coefficient (Wildman–Crippen LogP) is 5.30. The van der Waals surface area contributed by atoms with Crippen LogP contribution in [0.3, 0.4) is 0 Å². The second kappa shape index (κ2) is 5.11. The Balaban J connectivity index is 2.03. The first-order chi connectivity index (χ1) is 10.7. The number of halogens is 1. The van der Waals surface area contributed by atoms with Crippen LogP contribution < -0.4 is 4.74 Å². The second-order valence-corrected chi connectivity index (χ2v) is 7.00. The van der Waals surface area contributed by atoms with Crippen molar-refractivity contribution >= 4 is 42.4 Å². The summed E-state index contributed by atoms with van der Waals surface area (Å²) in [5.74, 6) is 0.881. The molecule has 22 heavy (non-hydrogen) atoms. The molecule has 0 spiro atoms. The highest BCUT2D eigenvalue weighted by molar-refractivity contribution is 9.10. The van der Waals surface area contributed by atoms with Gasteiger partial charge in [-0.05, 0) is 31.2 Å². The maximum absolute atomic E-state index is 5.53. The van der Waals surface area contributed by atoms with Gasteiger partial charge in [0.2, 0.25) is 0 Å². The molecule has 5 heteroatoms. The third-order valence-electron chi connectivity index (χ3n) is 3.80. The maximum Gasteiger partial charge on any atom is 0.195 e. The number of imidazole rings is 1. The lowest BCUT2D eigenvalue weighted by atomic mass is 10.1. The molecule has 110 valence electrons. The highest BCUT2D eigenvalue weighted by atomic mass is 79.9. The highest BCUT2D eigenvalue weighted by Gasteiger charge is 2.17. The van der Waals surface area contributed by atoms with E-state index < -0.39 is 0 Å². The number of rotatable bonds is 2. The van der Waals surface area contributed by atoms with Gasteiger partial charge in [0.1, 0.15) is 11.3 Å². The summed E-state index contributed by atoms with van der Waals surface area (Å²) in [6.07, 6.45) is 0. The molecule has 0 aliphatic heterocycles. The van der Waals surface area contributed by atoms with Gasteiger partial charge in [-0.25, -0.2) is 4.98 Å². The molecular formula is C17H13BrN2OS. The van der Waals surface area contributed by atoms with E-state index in [0.717, 1.165) is 37.7 Å². The molecule has 0 N–H and O–H groups in total. The van der Waals surface area contributed by atoms with Crippen molar-refractivity contribution in [1.29, 1.82) is 0 Å². The molecular weight excluding hydrogens is 360 g/mol. The molecule has 0 bridgehead atoms. The van der Waals surface area contributed by atoms with E-state index in [1.54, 1.807) is 18.4 Å². The minimum atomic E-state index is 0.881. The molecule has 2 heterocycles. The molecule has 0 radical (unpaired) electrons. The zero-order chi connectivity index (χ0) is 15.3. The molecule has 4 rings (SSSR count). The van der Waals surface area contributed by atoms with Crippen LogP contribution in [-0.4, -0.2) is 16.5 Å². The summed E-state index contributed by atoms with van der Waals surface area (Å²) < 4.78 is 9.98. The number of hydrogen-bond donors (Lipinski definition) is 0. The van der Waals surface area contributed by atoms with Gasteiger partial charge in [-0.1, -0.05) is 45.5 Å². The molecule has 0 unspecified atom stereocenters. The van der Waals surface area contributed by atoms with Crippen LogP contribution in [0.5, 0.6) is 5.75 Å². The van der Waals surface area contributed by atoms with Gasteiger partial charge >= 0.3 is 0 Å². The van der Waals surface area contributed by atoms with Crippen LogP contribution >= 0.6 is 27.3 Å². The highest BCUT2D eigenvalue weighted by Crippen LogP contribution is 2.36. The van der Waals surface area contributed by atoms with Gasteiger partial charge in [0.05, 0.1) is 17.5 Å². The summed E-state index contributed by atoms with van der Waals surface area (Å²) in [6, 6.07) is 14.4. The van der Waals surface area contributed by atoms with Crippen LogP contribution in [0.1, 0.15) is 5.69 Å². The lowest BCUT2D eigenvalue weighted by Crippen LogP contribution is -1.90. The van der Waals surface area contributed by atoms with Crippen molar-refractivity contribution < 1.29 is 4.74 Å².